The van der Waals surface area contributed by atoms with E-state index in [0.717, 1.165) is 22.7 Å². The van der Waals surface area contributed by atoms with Crippen molar-refractivity contribution in [3.63, 3.8) is 0 Å². The second-order valence-electron chi connectivity index (χ2n) is 5.90. The van der Waals surface area contributed by atoms with Gasteiger partial charge in [0.15, 0.2) is 0 Å². The van der Waals surface area contributed by atoms with Gasteiger partial charge in [-0.1, -0.05) is 0 Å². The van der Waals surface area contributed by atoms with Crippen LogP contribution in [-0.4, -0.2) is 50.9 Å². The van der Waals surface area contributed by atoms with Crippen molar-refractivity contribution in [2.24, 2.45) is 10.2 Å². The first kappa shape index (κ1) is 16.1. The van der Waals surface area contributed by atoms with Gasteiger partial charge in [-0.2, -0.15) is 5.11 Å². The number of benzene rings is 1. The Morgan fingerprint density at radius 3 is 2.23 bits per heavy atom. The van der Waals surface area contributed by atoms with Gasteiger partial charge in [-0.05, 0) is 18.6 Å². The van der Waals surface area contributed by atoms with E-state index in [0.29, 0.717) is 0 Å². The number of anilines is 1. The van der Waals surface area contributed by atoms with Crippen LogP contribution < -0.4 is 9.64 Å². The fourth-order valence-electron chi connectivity index (χ4n) is 2.30. The average Bonchev–Trinajstić information content (AvgIpc) is 2.73. The van der Waals surface area contributed by atoms with E-state index < -0.39 is 5.79 Å². The molecule has 22 heavy (non-hydrogen) atoms. The molecule has 6 heteroatoms. The van der Waals surface area contributed by atoms with Crippen LogP contribution in [0.25, 0.3) is 0 Å². The van der Waals surface area contributed by atoms with Crippen LogP contribution in [0.1, 0.15) is 12.5 Å². The largest absolute Gasteiger partial charge is 0.495 e. The van der Waals surface area contributed by atoms with Gasteiger partial charge in [0.25, 0.3) is 0 Å². The van der Waals surface area contributed by atoms with Crippen molar-refractivity contribution < 1.29 is 4.74 Å². The fourth-order valence-corrected chi connectivity index (χ4v) is 2.30. The Labute approximate surface area is 132 Å². The lowest BCUT2D eigenvalue weighted by molar-refractivity contribution is 0.0856. The van der Waals surface area contributed by atoms with E-state index in [2.05, 4.69) is 16.3 Å². The first-order chi connectivity index (χ1) is 10.3. The number of aryl methyl sites for hydroxylation is 1. The summed E-state index contributed by atoms with van der Waals surface area (Å²) >= 11 is 0. The van der Waals surface area contributed by atoms with Crippen molar-refractivity contribution in [1.29, 1.82) is 0 Å². The Kier molecular flexibility index (Phi) is 4.30. The summed E-state index contributed by atoms with van der Waals surface area (Å²) in [4.78, 5) is 6.07. The molecule has 0 unspecified atom stereocenters. The maximum absolute atomic E-state index is 5.46. The topological polar surface area (TPSA) is 43.7 Å². The van der Waals surface area contributed by atoms with E-state index in [-0.39, 0.29) is 0 Å². The van der Waals surface area contributed by atoms with Gasteiger partial charge >= 0.3 is 0 Å². The molecule has 1 aliphatic rings. The monoisotopic (exact) mass is 303 g/mol. The number of hydrogen-bond acceptors (Lipinski definition) is 6. The molecule has 1 aromatic carbocycles. The van der Waals surface area contributed by atoms with Gasteiger partial charge in [-0.3, -0.25) is 0 Å². The van der Waals surface area contributed by atoms with E-state index >= 15 is 0 Å². The van der Waals surface area contributed by atoms with Crippen LogP contribution in [0.4, 0.5) is 11.4 Å². The minimum absolute atomic E-state index is 0.500. The summed E-state index contributed by atoms with van der Waals surface area (Å²) in [5.74, 6) is 0.292. The number of hydrogen-bond donors (Lipinski definition) is 0. The highest BCUT2D eigenvalue weighted by Crippen LogP contribution is 2.35. The Hall–Kier alpha value is -2.24. The normalized spacial score (nSPS) is 16.7. The Bertz CT molecular complexity index is 597. The Balaban J connectivity index is 2.36. The van der Waals surface area contributed by atoms with E-state index in [1.807, 2.05) is 75.2 Å². The number of azo groups is 1. The zero-order valence-corrected chi connectivity index (χ0v) is 14.5. The standard InChI is InChI=1S/C16H25N5O/c1-12-10-14(19(3)4)15(22-7)11-13(12)17-18-16(2)20(5)8-9-21(16)6/h8-11H,1-7H3. The molecule has 1 heterocycles. The van der Waals surface area contributed by atoms with Crippen molar-refractivity contribution >= 4 is 11.4 Å². The summed E-state index contributed by atoms with van der Waals surface area (Å²) in [5.41, 5.74) is 2.91. The van der Waals surface area contributed by atoms with Crippen molar-refractivity contribution in [3.05, 3.63) is 30.1 Å². The number of methoxy groups -OCH3 is 1. The molecule has 2 rings (SSSR count). The van der Waals surface area contributed by atoms with Crippen LogP contribution in [0.2, 0.25) is 0 Å². The van der Waals surface area contributed by atoms with Gasteiger partial charge in [0, 0.05) is 53.6 Å². The van der Waals surface area contributed by atoms with Crippen molar-refractivity contribution in [2.45, 2.75) is 19.6 Å². The second-order valence-corrected chi connectivity index (χ2v) is 5.90. The third-order valence-corrected chi connectivity index (χ3v) is 4.18. The molecular formula is C16H25N5O. The molecule has 0 N–H and O–H groups in total. The van der Waals surface area contributed by atoms with Crippen LogP contribution in [0, 0.1) is 6.92 Å². The molecule has 0 saturated carbocycles. The van der Waals surface area contributed by atoms with Crippen LogP contribution in [-0.2, 0) is 0 Å². The maximum Gasteiger partial charge on any atom is 0.225 e. The third kappa shape index (κ3) is 2.73. The van der Waals surface area contributed by atoms with Gasteiger partial charge in [0.05, 0.1) is 18.5 Å². The molecule has 0 aromatic heterocycles. The van der Waals surface area contributed by atoms with Crippen LogP contribution >= 0.6 is 0 Å². The van der Waals surface area contributed by atoms with Crippen LogP contribution in [0.15, 0.2) is 34.8 Å². The zero-order chi connectivity index (χ0) is 16.5. The first-order valence-corrected chi connectivity index (χ1v) is 7.22. The SMILES string of the molecule is COc1cc(N=NC2(C)N(C)C=CN2C)c(C)cc1N(C)C. The molecule has 0 bridgehead atoms. The highest BCUT2D eigenvalue weighted by Gasteiger charge is 2.35. The third-order valence-electron chi connectivity index (χ3n) is 4.18. The number of rotatable bonds is 4. The molecular weight excluding hydrogens is 278 g/mol. The lowest BCUT2D eigenvalue weighted by Crippen LogP contribution is -2.45. The van der Waals surface area contributed by atoms with Crippen molar-refractivity contribution in [1.82, 2.24) is 9.80 Å². The summed E-state index contributed by atoms with van der Waals surface area (Å²) in [6.45, 7) is 4.06. The lowest BCUT2D eigenvalue weighted by Gasteiger charge is -2.34. The predicted octanol–water partition coefficient (Wildman–Crippen LogP) is 3.18. The molecule has 0 saturated heterocycles. The molecule has 0 atom stereocenters. The summed E-state index contributed by atoms with van der Waals surface area (Å²) in [6, 6.07) is 4.00. The molecule has 6 nitrogen and oxygen atoms in total. The summed E-state index contributed by atoms with van der Waals surface area (Å²) in [5, 5.41) is 9.02. The van der Waals surface area contributed by atoms with Gasteiger partial charge in [0.1, 0.15) is 5.75 Å². The quantitative estimate of drug-likeness (QED) is 0.801. The summed E-state index contributed by atoms with van der Waals surface area (Å²) in [7, 11) is 9.63. The molecule has 1 aromatic rings. The average molecular weight is 303 g/mol. The van der Waals surface area contributed by atoms with Gasteiger partial charge in [-0.15, -0.1) is 5.11 Å². The summed E-state index contributed by atoms with van der Waals surface area (Å²) < 4.78 is 5.46. The highest BCUT2D eigenvalue weighted by atomic mass is 16.5. The second kappa shape index (κ2) is 5.87. The van der Waals surface area contributed by atoms with E-state index in [1.165, 1.54) is 0 Å². The molecule has 0 fully saturated rings. The van der Waals surface area contributed by atoms with Gasteiger partial charge in [0.2, 0.25) is 5.79 Å². The first-order valence-electron chi connectivity index (χ1n) is 7.22. The molecule has 120 valence electrons. The maximum atomic E-state index is 5.46. The fraction of sp³-hybridized carbons (Fsp3) is 0.500. The van der Waals surface area contributed by atoms with Gasteiger partial charge in [-0.25, -0.2) is 0 Å². The smallest absolute Gasteiger partial charge is 0.225 e. The molecule has 0 radical (unpaired) electrons. The Morgan fingerprint density at radius 1 is 1.14 bits per heavy atom. The van der Waals surface area contributed by atoms with E-state index in [4.69, 9.17) is 4.74 Å². The van der Waals surface area contributed by atoms with Crippen molar-refractivity contribution in [2.75, 3.05) is 40.2 Å². The lowest BCUT2D eigenvalue weighted by atomic mass is 10.1. The number of ether oxygens (including phenoxy) is 1. The molecule has 0 amide bonds. The molecule has 0 spiro atoms. The molecule has 1 aliphatic heterocycles. The van der Waals surface area contributed by atoms with Gasteiger partial charge < -0.3 is 19.4 Å². The van der Waals surface area contributed by atoms with Crippen LogP contribution in [0.5, 0.6) is 5.75 Å². The molecule has 0 aliphatic carbocycles. The van der Waals surface area contributed by atoms with Crippen molar-refractivity contribution in [3.8, 4) is 5.75 Å². The van der Waals surface area contributed by atoms with Crippen LogP contribution in [0.3, 0.4) is 0 Å². The highest BCUT2D eigenvalue weighted by molar-refractivity contribution is 5.66. The van der Waals surface area contributed by atoms with E-state index in [1.54, 1.807) is 7.11 Å². The number of nitrogens with zero attached hydrogens (tertiary/aromatic N) is 5. The predicted molar refractivity (Wildman–Crippen MR) is 89.6 cm³/mol. The minimum Gasteiger partial charge on any atom is -0.495 e. The Morgan fingerprint density at radius 2 is 1.73 bits per heavy atom. The zero-order valence-electron chi connectivity index (χ0n) is 14.5. The van der Waals surface area contributed by atoms with E-state index in [9.17, 15) is 0 Å². The summed E-state index contributed by atoms with van der Waals surface area (Å²) in [6.07, 6.45) is 3.98. The minimum atomic E-state index is -0.500.